The zero-order chi connectivity index (χ0) is 24.0. The van der Waals surface area contributed by atoms with Crippen molar-refractivity contribution in [1.82, 2.24) is 0 Å². The minimum absolute atomic E-state index is 0. The van der Waals surface area contributed by atoms with Crippen LogP contribution in [0.3, 0.4) is 0 Å². The summed E-state index contributed by atoms with van der Waals surface area (Å²) in [5.41, 5.74) is 1.42. The van der Waals surface area contributed by atoms with Crippen molar-refractivity contribution in [2.24, 2.45) is 0 Å². The highest BCUT2D eigenvalue weighted by molar-refractivity contribution is 7.95. The van der Waals surface area contributed by atoms with Crippen molar-refractivity contribution >= 4 is 55.5 Å². The molecule has 0 unspecified atom stereocenters. The van der Waals surface area contributed by atoms with Gasteiger partial charge in [-0.1, -0.05) is 109 Å². The Hall–Kier alpha value is -3.51. The van der Waals surface area contributed by atoms with Gasteiger partial charge in [-0.2, -0.15) is 0 Å². The number of hydrogen-bond acceptors (Lipinski definition) is 0. The van der Waals surface area contributed by atoms with Crippen LogP contribution in [-0.4, -0.2) is 0 Å². The molecule has 0 spiro atoms. The highest BCUT2D eigenvalue weighted by Crippen LogP contribution is 2.59. The Kier molecular flexibility index (Phi) is 6.29. The fourth-order valence-electron chi connectivity index (χ4n) is 5.96. The van der Waals surface area contributed by atoms with Crippen molar-refractivity contribution in [3.63, 3.8) is 0 Å². The number of halogens is 1. The molecule has 0 aliphatic rings. The second-order valence-electron chi connectivity index (χ2n) is 9.56. The average molecular weight is 557 g/mol. The van der Waals surface area contributed by atoms with Gasteiger partial charge >= 0.3 is 0 Å². The zero-order valence-corrected chi connectivity index (χ0v) is 22.9. The van der Waals surface area contributed by atoms with Gasteiger partial charge in [-0.05, 0) is 74.3 Å². The van der Waals surface area contributed by atoms with Crippen LogP contribution in [0.2, 0.25) is 0 Å². The summed E-state index contributed by atoms with van der Waals surface area (Å²) in [6.07, 6.45) is 0.985. The summed E-state index contributed by atoms with van der Waals surface area (Å²) in [4.78, 5) is 0. The Labute approximate surface area is 229 Å². The zero-order valence-electron chi connectivity index (χ0n) is 20.4. The Morgan fingerprint density at radius 2 is 0.811 bits per heavy atom. The van der Waals surface area contributed by atoms with Crippen molar-refractivity contribution in [2.45, 2.75) is 6.16 Å². The highest BCUT2D eigenvalue weighted by Gasteiger charge is 2.45. The predicted molar refractivity (Wildman–Crippen MR) is 159 cm³/mol. The maximum atomic E-state index is 2.38. The number of hydrogen-bond donors (Lipinski definition) is 0. The third-order valence-electron chi connectivity index (χ3n) is 7.62. The molecule has 178 valence electrons. The van der Waals surface area contributed by atoms with Crippen molar-refractivity contribution in [3.8, 4) is 0 Å². The highest BCUT2D eigenvalue weighted by atomic mass is 79.9. The van der Waals surface area contributed by atoms with Gasteiger partial charge in [-0.25, -0.2) is 0 Å². The lowest BCUT2D eigenvalue weighted by Gasteiger charge is -2.28. The molecule has 0 saturated heterocycles. The summed E-state index contributed by atoms with van der Waals surface area (Å²) < 4.78 is 0. The van der Waals surface area contributed by atoms with Gasteiger partial charge in [0.15, 0.2) is 0 Å². The molecular formula is C35H26BrP. The van der Waals surface area contributed by atoms with E-state index in [4.69, 9.17) is 0 Å². The first-order valence-corrected chi connectivity index (χ1v) is 14.5. The molecule has 0 nitrogen and oxygen atoms in total. The van der Waals surface area contributed by atoms with E-state index in [9.17, 15) is 0 Å². The summed E-state index contributed by atoms with van der Waals surface area (Å²) in [6.45, 7) is 0. The topological polar surface area (TPSA) is 0 Å². The molecule has 0 aromatic heterocycles. The van der Waals surface area contributed by atoms with Crippen LogP contribution in [0.1, 0.15) is 5.56 Å². The summed E-state index contributed by atoms with van der Waals surface area (Å²) in [6, 6.07) is 54.1. The third-order valence-corrected chi connectivity index (χ3v) is 12.0. The van der Waals surface area contributed by atoms with Crippen molar-refractivity contribution < 1.29 is 17.0 Å². The number of rotatable bonds is 5. The molecule has 0 heterocycles. The molecule has 0 N–H and O–H groups in total. The van der Waals surface area contributed by atoms with E-state index in [0.29, 0.717) is 0 Å². The Morgan fingerprint density at radius 1 is 0.378 bits per heavy atom. The summed E-state index contributed by atoms with van der Waals surface area (Å²) in [5, 5.41) is 12.4. The van der Waals surface area contributed by atoms with Gasteiger partial charge in [0.25, 0.3) is 0 Å². The van der Waals surface area contributed by atoms with E-state index in [0.717, 1.165) is 6.16 Å². The third kappa shape index (κ3) is 3.86. The SMILES string of the molecule is [Br-].c1ccc([P+](Cc2ccc3ccc4cccc5ccc2c3c45)(c2ccccc2)c2ccccc2)cc1. The number of benzene rings is 7. The van der Waals surface area contributed by atoms with Crippen LogP contribution in [0.4, 0.5) is 0 Å². The maximum absolute atomic E-state index is 2.38. The monoisotopic (exact) mass is 556 g/mol. The van der Waals surface area contributed by atoms with Gasteiger partial charge in [-0.3, -0.25) is 0 Å². The molecule has 0 aliphatic heterocycles. The van der Waals surface area contributed by atoms with Crippen LogP contribution in [0.25, 0.3) is 32.3 Å². The molecule has 0 atom stereocenters. The van der Waals surface area contributed by atoms with Crippen LogP contribution in [0.5, 0.6) is 0 Å². The Morgan fingerprint density at radius 3 is 1.32 bits per heavy atom. The molecule has 7 rings (SSSR count). The lowest BCUT2D eigenvalue weighted by Crippen LogP contribution is -3.00. The van der Waals surface area contributed by atoms with Gasteiger partial charge in [0.05, 0.1) is 6.16 Å². The van der Waals surface area contributed by atoms with Crippen LogP contribution in [0.15, 0.2) is 146 Å². The van der Waals surface area contributed by atoms with E-state index < -0.39 is 7.26 Å². The van der Waals surface area contributed by atoms with Crippen molar-refractivity contribution in [2.75, 3.05) is 0 Å². The molecule has 0 bridgehead atoms. The predicted octanol–water partition coefficient (Wildman–Crippen LogP) is 5.08. The quantitative estimate of drug-likeness (QED) is 0.205. The molecule has 0 saturated carbocycles. The fourth-order valence-corrected chi connectivity index (χ4v) is 10.2. The molecule has 0 fully saturated rings. The van der Waals surface area contributed by atoms with E-state index in [2.05, 4.69) is 146 Å². The molecule has 37 heavy (non-hydrogen) atoms. The first-order chi connectivity index (χ1) is 17.8. The van der Waals surface area contributed by atoms with E-state index in [1.807, 2.05) is 0 Å². The van der Waals surface area contributed by atoms with Crippen LogP contribution >= 0.6 is 7.26 Å². The Bertz CT molecular complexity index is 1680. The fraction of sp³-hybridized carbons (Fsp3) is 0.0286. The van der Waals surface area contributed by atoms with Gasteiger partial charge < -0.3 is 17.0 Å². The van der Waals surface area contributed by atoms with E-state index in [1.165, 1.54) is 53.8 Å². The van der Waals surface area contributed by atoms with Gasteiger partial charge in [0.2, 0.25) is 0 Å². The first-order valence-electron chi connectivity index (χ1n) is 12.5. The van der Waals surface area contributed by atoms with E-state index in [-0.39, 0.29) is 17.0 Å². The molecule has 0 amide bonds. The molecule has 7 aromatic carbocycles. The lowest BCUT2D eigenvalue weighted by atomic mass is 9.92. The normalized spacial score (nSPS) is 11.7. The maximum Gasteiger partial charge on any atom is 0.116 e. The lowest BCUT2D eigenvalue weighted by molar-refractivity contribution is -0.00000671. The molecule has 0 aliphatic carbocycles. The van der Waals surface area contributed by atoms with Crippen molar-refractivity contribution in [1.29, 1.82) is 0 Å². The summed E-state index contributed by atoms with van der Waals surface area (Å²) in [5.74, 6) is 0. The second-order valence-corrected chi connectivity index (χ2v) is 13.0. The largest absolute Gasteiger partial charge is 1.00 e. The van der Waals surface area contributed by atoms with Crippen molar-refractivity contribution in [3.05, 3.63) is 151 Å². The minimum atomic E-state index is -1.97. The summed E-state index contributed by atoms with van der Waals surface area (Å²) >= 11 is 0. The minimum Gasteiger partial charge on any atom is -1.00 e. The average Bonchev–Trinajstić information content (AvgIpc) is 2.96. The second kappa shape index (κ2) is 9.75. The van der Waals surface area contributed by atoms with Gasteiger partial charge in [0.1, 0.15) is 23.2 Å². The Balaban J connectivity index is 0.00000252. The van der Waals surface area contributed by atoms with Gasteiger partial charge in [-0.15, -0.1) is 0 Å². The first kappa shape index (κ1) is 23.9. The van der Waals surface area contributed by atoms with Gasteiger partial charge in [0, 0.05) is 0 Å². The van der Waals surface area contributed by atoms with Crippen LogP contribution < -0.4 is 32.9 Å². The molecule has 0 radical (unpaired) electrons. The van der Waals surface area contributed by atoms with Crippen LogP contribution in [-0.2, 0) is 6.16 Å². The standard InChI is InChI=1S/C35H26P.BrH/c1-4-13-30(14-5-1)36(31-15-6-2-7-16-31,32-17-8-3-9-18-32)25-29-22-21-28-20-19-26-11-10-12-27-23-24-33(29)35(28)34(26)27;/h1-24H,25H2;1H/q+1;/p-1. The van der Waals surface area contributed by atoms with E-state index in [1.54, 1.807) is 0 Å². The molecule has 2 heteroatoms. The van der Waals surface area contributed by atoms with Crippen LogP contribution in [0, 0.1) is 0 Å². The summed E-state index contributed by atoms with van der Waals surface area (Å²) in [7, 11) is -1.97. The van der Waals surface area contributed by atoms with E-state index >= 15 is 0 Å². The molecule has 7 aromatic rings. The molecular weight excluding hydrogens is 531 g/mol. The smallest absolute Gasteiger partial charge is 0.116 e.